The lowest BCUT2D eigenvalue weighted by molar-refractivity contribution is 0.549. The Bertz CT molecular complexity index is 539. The normalized spacial score (nSPS) is 12.0. The quantitative estimate of drug-likeness (QED) is 0.735. The van der Waals surface area contributed by atoms with Crippen LogP contribution in [0.25, 0.3) is 10.9 Å². The van der Waals surface area contributed by atoms with E-state index in [2.05, 4.69) is 30.7 Å². The van der Waals surface area contributed by atoms with Gasteiger partial charge in [0.15, 0.2) is 0 Å². The molecular weight excluding hydrogens is 198 g/mol. The maximum absolute atomic E-state index is 6.00. The number of aromatic nitrogens is 2. The zero-order chi connectivity index (χ0) is 11.9. The first kappa shape index (κ1) is 10.9. The van der Waals surface area contributed by atoms with Crippen molar-refractivity contribution in [3.63, 3.8) is 0 Å². The molecule has 2 rings (SSSR count). The van der Waals surface area contributed by atoms with E-state index < -0.39 is 0 Å². The predicted molar refractivity (Wildman–Crippen MR) is 67.4 cm³/mol. The van der Waals surface area contributed by atoms with Crippen molar-refractivity contribution < 1.29 is 0 Å². The summed E-state index contributed by atoms with van der Waals surface area (Å²) >= 11 is 0. The summed E-state index contributed by atoms with van der Waals surface area (Å²) in [7, 11) is 0. The summed E-state index contributed by atoms with van der Waals surface area (Å²) in [6, 6.07) is 6.00. The highest BCUT2D eigenvalue weighted by Crippen LogP contribution is 2.26. The molecule has 0 fully saturated rings. The summed E-state index contributed by atoms with van der Waals surface area (Å²) in [6.45, 7) is 8.29. The third-order valence-electron chi connectivity index (χ3n) is 2.63. The number of nitrogens with two attached hydrogens (primary N) is 1. The van der Waals surface area contributed by atoms with E-state index in [4.69, 9.17) is 5.73 Å². The first-order chi connectivity index (χ1) is 7.39. The van der Waals surface area contributed by atoms with Crippen LogP contribution in [0.2, 0.25) is 0 Å². The Morgan fingerprint density at radius 3 is 2.44 bits per heavy atom. The number of nitrogen functional groups attached to an aromatic ring is 1. The molecule has 0 unspecified atom stereocenters. The van der Waals surface area contributed by atoms with E-state index in [0.29, 0.717) is 5.82 Å². The number of fused-ring (bicyclic) bond motifs is 1. The SMILES string of the molecule is Cc1cccc2nc(C(C)(C)C)nc(N)c12. The van der Waals surface area contributed by atoms with Crippen LogP contribution < -0.4 is 5.73 Å². The van der Waals surface area contributed by atoms with E-state index in [-0.39, 0.29) is 5.41 Å². The highest BCUT2D eigenvalue weighted by atomic mass is 15.0. The van der Waals surface area contributed by atoms with E-state index in [1.54, 1.807) is 0 Å². The van der Waals surface area contributed by atoms with E-state index in [0.717, 1.165) is 22.3 Å². The number of rotatable bonds is 0. The van der Waals surface area contributed by atoms with Gasteiger partial charge in [0.25, 0.3) is 0 Å². The molecule has 0 radical (unpaired) electrons. The van der Waals surface area contributed by atoms with Gasteiger partial charge in [0.1, 0.15) is 11.6 Å². The zero-order valence-corrected chi connectivity index (χ0v) is 10.2. The van der Waals surface area contributed by atoms with Crippen LogP contribution >= 0.6 is 0 Å². The van der Waals surface area contributed by atoms with E-state index in [1.165, 1.54) is 0 Å². The third kappa shape index (κ3) is 1.73. The molecule has 0 aliphatic rings. The lowest BCUT2D eigenvalue weighted by atomic mass is 9.95. The third-order valence-corrected chi connectivity index (χ3v) is 2.63. The molecule has 2 N–H and O–H groups in total. The number of aryl methyl sites for hydroxylation is 1. The zero-order valence-electron chi connectivity index (χ0n) is 10.2. The van der Waals surface area contributed by atoms with Crippen LogP contribution in [0.5, 0.6) is 0 Å². The van der Waals surface area contributed by atoms with Crippen molar-refractivity contribution in [1.82, 2.24) is 9.97 Å². The van der Waals surface area contributed by atoms with Crippen LogP contribution in [0, 0.1) is 6.92 Å². The van der Waals surface area contributed by atoms with Gasteiger partial charge in [-0.25, -0.2) is 9.97 Å². The summed E-state index contributed by atoms with van der Waals surface area (Å²) in [5, 5.41) is 0.968. The predicted octanol–water partition coefficient (Wildman–Crippen LogP) is 2.82. The Morgan fingerprint density at radius 1 is 1.12 bits per heavy atom. The molecule has 84 valence electrons. The summed E-state index contributed by atoms with van der Waals surface area (Å²) in [6.07, 6.45) is 0. The number of benzene rings is 1. The van der Waals surface area contributed by atoms with Gasteiger partial charge in [-0.15, -0.1) is 0 Å². The first-order valence-corrected chi connectivity index (χ1v) is 5.43. The van der Waals surface area contributed by atoms with Gasteiger partial charge in [-0.3, -0.25) is 0 Å². The Hall–Kier alpha value is -1.64. The highest BCUT2D eigenvalue weighted by molar-refractivity contribution is 5.90. The van der Waals surface area contributed by atoms with Gasteiger partial charge < -0.3 is 5.73 Å². The average Bonchev–Trinajstić information content (AvgIpc) is 2.15. The van der Waals surface area contributed by atoms with Crippen LogP contribution in [-0.4, -0.2) is 9.97 Å². The molecule has 0 saturated heterocycles. The molecule has 0 spiro atoms. The van der Waals surface area contributed by atoms with Crippen molar-refractivity contribution in [2.24, 2.45) is 0 Å². The monoisotopic (exact) mass is 215 g/mol. The fourth-order valence-corrected chi connectivity index (χ4v) is 1.72. The lowest BCUT2D eigenvalue weighted by Crippen LogP contribution is -2.17. The molecule has 3 heteroatoms. The molecule has 1 heterocycles. The molecule has 0 atom stereocenters. The molecular formula is C13H17N3. The Kier molecular flexibility index (Phi) is 2.34. The summed E-state index contributed by atoms with van der Waals surface area (Å²) < 4.78 is 0. The summed E-state index contributed by atoms with van der Waals surface area (Å²) in [5.41, 5.74) is 7.98. The van der Waals surface area contributed by atoms with Crippen LogP contribution in [0.15, 0.2) is 18.2 Å². The topological polar surface area (TPSA) is 51.8 Å². The van der Waals surface area contributed by atoms with Crippen molar-refractivity contribution in [2.45, 2.75) is 33.1 Å². The molecule has 0 aliphatic carbocycles. The van der Waals surface area contributed by atoms with Crippen molar-refractivity contribution in [3.8, 4) is 0 Å². The largest absolute Gasteiger partial charge is 0.383 e. The standard InChI is InChI=1S/C13H17N3/c1-8-6-5-7-9-10(8)11(14)16-12(15-9)13(2,3)4/h5-7H,1-4H3,(H2,14,15,16). The summed E-state index contributed by atoms with van der Waals surface area (Å²) in [5.74, 6) is 1.37. The second-order valence-corrected chi connectivity index (χ2v) is 5.15. The second kappa shape index (κ2) is 3.44. The molecule has 0 bridgehead atoms. The molecule has 16 heavy (non-hydrogen) atoms. The maximum atomic E-state index is 6.00. The minimum absolute atomic E-state index is 0.0773. The number of nitrogens with zero attached hydrogens (tertiary/aromatic N) is 2. The molecule has 1 aromatic heterocycles. The minimum Gasteiger partial charge on any atom is -0.383 e. The smallest absolute Gasteiger partial charge is 0.136 e. The van der Waals surface area contributed by atoms with E-state index >= 15 is 0 Å². The van der Waals surface area contributed by atoms with Crippen LogP contribution in [0.3, 0.4) is 0 Å². The Labute approximate surface area is 95.7 Å². The van der Waals surface area contributed by atoms with Gasteiger partial charge in [-0.2, -0.15) is 0 Å². The first-order valence-electron chi connectivity index (χ1n) is 5.43. The van der Waals surface area contributed by atoms with Crippen LogP contribution in [0.1, 0.15) is 32.2 Å². The van der Waals surface area contributed by atoms with Gasteiger partial charge in [-0.05, 0) is 18.6 Å². The van der Waals surface area contributed by atoms with Crippen LogP contribution in [0.4, 0.5) is 5.82 Å². The molecule has 2 aromatic rings. The average molecular weight is 215 g/mol. The maximum Gasteiger partial charge on any atom is 0.136 e. The number of hydrogen-bond donors (Lipinski definition) is 1. The Balaban J connectivity index is 2.79. The molecule has 1 aromatic carbocycles. The van der Waals surface area contributed by atoms with E-state index in [1.807, 2.05) is 25.1 Å². The van der Waals surface area contributed by atoms with Gasteiger partial charge in [-0.1, -0.05) is 32.9 Å². The van der Waals surface area contributed by atoms with Crippen LogP contribution in [-0.2, 0) is 5.41 Å². The van der Waals surface area contributed by atoms with Gasteiger partial charge in [0, 0.05) is 10.8 Å². The van der Waals surface area contributed by atoms with Crippen molar-refractivity contribution in [1.29, 1.82) is 0 Å². The molecule has 0 saturated carbocycles. The second-order valence-electron chi connectivity index (χ2n) is 5.15. The molecule has 0 amide bonds. The fraction of sp³-hybridized carbons (Fsp3) is 0.385. The molecule has 3 nitrogen and oxygen atoms in total. The van der Waals surface area contributed by atoms with Gasteiger partial charge in [0.2, 0.25) is 0 Å². The van der Waals surface area contributed by atoms with Crippen molar-refractivity contribution >= 4 is 16.7 Å². The highest BCUT2D eigenvalue weighted by Gasteiger charge is 2.19. The van der Waals surface area contributed by atoms with Crippen molar-refractivity contribution in [3.05, 3.63) is 29.6 Å². The lowest BCUT2D eigenvalue weighted by Gasteiger charge is -2.18. The minimum atomic E-state index is -0.0773. The van der Waals surface area contributed by atoms with Gasteiger partial charge >= 0.3 is 0 Å². The fourth-order valence-electron chi connectivity index (χ4n) is 1.72. The molecule has 0 aliphatic heterocycles. The number of anilines is 1. The van der Waals surface area contributed by atoms with Crippen molar-refractivity contribution in [2.75, 3.05) is 5.73 Å². The van der Waals surface area contributed by atoms with Gasteiger partial charge in [0.05, 0.1) is 5.52 Å². The summed E-state index contributed by atoms with van der Waals surface area (Å²) in [4.78, 5) is 8.98. The van der Waals surface area contributed by atoms with E-state index in [9.17, 15) is 0 Å². The number of hydrogen-bond acceptors (Lipinski definition) is 3. The Morgan fingerprint density at radius 2 is 1.81 bits per heavy atom.